The zero-order valence-electron chi connectivity index (χ0n) is 14.0. The lowest BCUT2D eigenvalue weighted by Gasteiger charge is -2.15. The van der Waals surface area contributed by atoms with Crippen molar-refractivity contribution in [3.05, 3.63) is 30.6 Å². The summed E-state index contributed by atoms with van der Waals surface area (Å²) < 4.78 is 0. The number of rotatable bonds is 5. The van der Waals surface area contributed by atoms with Gasteiger partial charge < -0.3 is 15.2 Å². The summed E-state index contributed by atoms with van der Waals surface area (Å²) in [5.74, 6) is 0.679. The molecular formula is C17H22N6O. The first kappa shape index (κ1) is 16.2. The van der Waals surface area contributed by atoms with Crippen molar-refractivity contribution in [2.45, 2.75) is 32.4 Å². The molecule has 1 aliphatic rings. The van der Waals surface area contributed by atoms with E-state index in [9.17, 15) is 4.79 Å². The number of aromatic amines is 1. The number of hydrogen-bond donors (Lipinski definition) is 2. The largest absolute Gasteiger partial charge is 0.364 e. The van der Waals surface area contributed by atoms with Crippen LogP contribution in [0.5, 0.6) is 0 Å². The van der Waals surface area contributed by atoms with Gasteiger partial charge in [0, 0.05) is 43.1 Å². The Balaban J connectivity index is 1.75. The second-order valence-electron chi connectivity index (χ2n) is 6.19. The van der Waals surface area contributed by atoms with Crippen molar-refractivity contribution in [2.24, 2.45) is 4.99 Å². The molecule has 1 saturated heterocycles. The Morgan fingerprint density at radius 3 is 3.17 bits per heavy atom. The number of likely N-dealkylation sites (tertiary alicyclic amines) is 1. The quantitative estimate of drug-likeness (QED) is 0.650. The van der Waals surface area contributed by atoms with Crippen LogP contribution < -0.4 is 5.32 Å². The fourth-order valence-corrected chi connectivity index (χ4v) is 2.72. The molecule has 7 nitrogen and oxygen atoms in total. The predicted molar refractivity (Wildman–Crippen MR) is 95.4 cm³/mol. The molecule has 1 atom stereocenters. The van der Waals surface area contributed by atoms with E-state index in [1.54, 1.807) is 11.1 Å². The van der Waals surface area contributed by atoms with E-state index in [0.717, 1.165) is 29.7 Å². The highest BCUT2D eigenvalue weighted by Gasteiger charge is 2.25. The van der Waals surface area contributed by atoms with Crippen LogP contribution in [-0.2, 0) is 4.79 Å². The second-order valence-corrected chi connectivity index (χ2v) is 6.19. The molecule has 0 aromatic carbocycles. The van der Waals surface area contributed by atoms with Gasteiger partial charge in [0.1, 0.15) is 11.3 Å². The first-order chi connectivity index (χ1) is 11.6. The van der Waals surface area contributed by atoms with Gasteiger partial charge in [-0.25, -0.2) is 9.97 Å². The Labute approximate surface area is 140 Å². The molecule has 1 amide bonds. The van der Waals surface area contributed by atoms with Crippen LogP contribution in [0.2, 0.25) is 0 Å². The molecule has 2 aromatic rings. The highest BCUT2D eigenvalue weighted by molar-refractivity contribution is 5.95. The van der Waals surface area contributed by atoms with E-state index in [0.29, 0.717) is 12.4 Å². The molecule has 1 fully saturated rings. The number of nitrogens with zero attached hydrogens (tertiary/aromatic N) is 4. The number of aliphatic imine (C=N–C) groups is 1. The van der Waals surface area contributed by atoms with Crippen molar-refractivity contribution in [2.75, 3.05) is 18.4 Å². The summed E-state index contributed by atoms with van der Waals surface area (Å²) in [5.41, 5.74) is 2.45. The van der Waals surface area contributed by atoms with E-state index in [-0.39, 0.29) is 18.0 Å². The second kappa shape index (κ2) is 6.82. The summed E-state index contributed by atoms with van der Waals surface area (Å²) in [4.78, 5) is 30.0. The normalized spacial score (nSPS) is 18.0. The van der Waals surface area contributed by atoms with Gasteiger partial charge in [-0.1, -0.05) is 6.58 Å². The smallest absolute Gasteiger partial charge is 0.246 e. The molecule has 0 aliphatic carbocycles. The maximum atomic E-state index is 11.7. The number of nitrogens with one attached hydrogen (secondary N) is 2. The molecule has 2 aromatic heterocycles. The topological polar surface area (TPSA) is 86.3 Å². The minimum Gasteiger partial charge on any atom is -0.364 e. The van der Waals surface area contributed by atoms with Gasteiger partial charge in [0.05, 0.1) is 6.20 Å². The van der Waals surface area contributed by atoms with Crippen molar-refractivity contribution in [3.63, 3.8) is 0 Å². The number of carbonyl (C=O) groups is 1. The number of anilines is 1. The fraction of sp³-hybridized carbons (Fsp3) is 0.412. The first-order valence-corrected chi connectivity index (χ1v) is 8.12. The summed E-state index contributed by atoms with van der Waals surface area (Å²) in [6.07, 6.45) is 7.63. The molecule has 0 bridgehead atoms. The van der Waals surface area contributed by atoms with Crippen molar-refractivity contribution >= 4 is 29.1 Å². The average Bonchev–Trinajstić information content (AvgIpc) is 3.19. The molecule has 7 heteroatoms. The Morgan fingerprint density at radius 1 is 1.58 bits per heavy atom. The van der Waals surface area contributed by atoms with Gasteiger partial charge in [-0.2, -0.15) is 0 Å². The van der Waals surface area contributed by atoms with Gasteiger partial charge in [0.25, 0.3) is 0 Å². The maximum Gasteiger partial charge on any atom is 0.246 e. The van der Waals surface area contributed by atoms with Crippen molar-refractivity contribution in [1.82, 2.24) is 19.9 Å². The maximum absolute atomic E-state index is 11.7. The Bertz CT molecular complexity index is 778. The minimum atomic E-state index is -0.0290. The molecule has 24 heavy (non-hydrogen) atoms. The standard InChI is InChI=1S/C17H22N6O/c1-4-15(24)23-6-5-13(10-23)21-14-9-20-17-16(22-14)12(8-19-17)7-18-11(2)3/h4,7-9,11,13H,1,5-6,10H2,2-3H3,(H,19,20)(H,21,22). The summed E-state index contributed by atoms with van der Waals surface area (Å²) in [5, 5.41) is 3.36. The number of hydrogen-bond acceptors (Lipinski definition) is 5. The Kier molecular flexibility index (Phi) is 4.59. The number of carbonyl (C=O) groups excluding carboxylic acids is 1. The van der Waals surface area contributed by atoms with E-state index >= 15 is 0 Å². The zero-order valence-corrected chi connectivity index (χ0v) is 14.0. The van der Waals surface area contributed by atoms with Crippen LogP contribution in [0, 0.1) is 0 Å². The monoisotopic (exact) mass is 326 g/mol. The number of amides is 1. The van der Waals surface area contributed by atoms with Crippen LogP contribution in [0.3, 0.4) is 0 Å². The van der Waals surface area contributed by atoms with Crippen molar-refractivity contribution in [3.8, 4) is 0 Å². The van der Waals surface area contributed by atoms with Crippen LogP contribution in [-0.4, -0.2) is 57.1 Å². The van der Waals surface area contributed by atoms with E-state index in [4.69, 9.17) is 0 Å². The van der Waals surface area contributed by atoms with Gasteiger partial charge >= 0.3 is 0 Å². The minimum absolute atomic E-state index is 0.0290. The SMILES string of the molecule is C=CC(=O)N1CCC(Nc2cnc3[nH]cc(C=NC(C)C)c3n2)C1. The highest BCUT2D eigenvalue weighted by atomic mass is 16.2. The van der Waals surface area contributed by atoms with Gasteiger partial charge in [-0.15, -0.1) is 0 Å². The van der Waals surface area contributed by atoms with Gasteiger partial charge in [-0.3, -0.25) is 9.79 Å². The lowest BCUT2D eigenvalue weighted by atomic mass is 10.2. The van der Waals surface area contributed by atoms with Crippen LogP contribution >= 0.6 is 0 Å². The molecule has 2 N–H and O–H groups in total. The summed E-state index contributed by atoms with van der Waals surface area (Å²) >= 11 is 0. The zero-order chi connectivity index (χ0) is 17.1. The van der Waals surface area contributed by atoms with Crippen LogP contribution in [0.4, 0.5) is 5.82 Å². The fourth-order valence-electron chi connectivity index (χ4n) is 2.72. The van der Waals surface area contributed by atoms with E-state index in [1.165, 1.54) is 6.08 Å². The molecule has 126 valence electrons. The van der Waals surface area contributed by atoms with E-state index < -0.39 is 0 Å². The van der Waals surface area contributed by atoms with Crippen LogP contribution in [0.25, 0.3) is 11.2 Å². The number of fused-ring (bicyclic) bond motifs is 1. The highest BCUT2D eigenvalue weighted by Crippen LogP contribution is 2.18. The van der Waals surface area contributed by atoms with Gasteiger partial charge in [-0.05, 0) is 26.3 Å². The van der Waals surface area contributed by atoms with Crippen molar-refractivity contribution in [1.29, 1.82) is 0 Å². The lowest BCUT2D eigenvalue weighted by molar-refractivity contribution is -0.125. The third-order valence-electron chi connectivity index (χ3n) is 3.95. The molecular weight excluding hydrogens is 304 g/mol. The third-order valence-corrected chi connectivity index (χ3v) is 3.95. The van der Waals surface area contributed by atoms with Crippen LogP contribution in [0.15, 0.2) is 30.0 Å². The Morgan fingerprint density at radius 2 is 2.42 bits per heavy atom. The molecule has 1 unspecified atom stereocenters. The molecule has 0 spiro atoms. The van der Waals surface area contributed by atoms with Gasteiger partial charge in [0.2, 0.25) is 5.91 Å². The summed E-state index contributed by atoms with van der Waals surface area (Å²) in [7, 11) is 0. The van der Waals surface area contributed by atoms with Crippen LogP contribution in [0.1, 0.15) is 25.8 Å². The molecule has 0 radical (unpaired) electrons. The molecule has 1 aliphatic heterocycles. The summed E-state index contributed by atoms with van der Waals surface area (Å²) in [6.45, 7) is 8.97. The average molecular weight is 326 g/mol. The molecule has 3 heterocycles. The van der Waals surface area contributed by atoms with Gasteiger partial charge in [0.15, 0.2) is 5.65 Å². The number of H-pyrrole nitrogens is 1. The number of aromatic nitrogens is 3. The van der Waals surface area contributed by atoms with Crippen molar-refractivity contribution < 1.29 is 4.79 Å². The molecule has 3 rings (SSSR count). The summed E-state index contributed by atoms with van der Waals surface area (Å²) in [6, 6.07) is 0.406. The third kappa shape index (κ3) is 3.45. The molecule has 0 saturated carbocycles. The lowest BCUT2D eigenvalue weighted by Crippen LogP contribution is -2.30. The first-order valence-electron chi connectivity index (χ1n) is 8.12. The predicted octanol–water partition coefficient (Wildman–Crippen LogP) is 1.98. The van der Waals surface area contributed by atoms with E-state index in [2.05, 4.69) is 31.8 Å². The van der Waals surface area contributed by atoms with E-state index in [1.807, 2.05) is 26.3 Å². The Hall–Kier alpha value is -2.70.